The Bertz CT molecular complexity index is 386. The van der Waals surface area contributed by atoms with Gasteiger partial charge in [-0.2, -0.15) is 0 Å². The van der Waals surface area contributed by atoms with Gasteiger partial charge in [0.1, 0.15) is 6.04 Å². The van der Waals surface area contributed by atoms with Crippen LogP contribution in [0.25, 0.3) is 0 Å². The molecule has 1 aromatic rings. The molecule has 92 valence electrons. The van der Waals surface area contributed by atoms with E-state index in [1.807, 2.05) is 30.3 Å². The van der Waals surface area contributed by atoms with Gasteiger partial charge in [-0.3, -0.25) is 4.79 Å². The van der Waals surface area contributed by atoms with E-state index >= 15 is 0 Å². The molecule has 6 heteroatoms. The number of alkyl halides is 1. The second-order valence-electron chi connectivity index (χ2n) is 3.23. The zero-order chi connectivity index (χ0) is 12.7. The van der Waals surface area contributed by atoms with Gasteiger partial charge in [-0.25, -0.2) is 4.79 Å². The van der Waals surface area contributed by atoms with Crippen LogP contribution in [0.1, 0.15) is 0 Å². The number of carboxylic acid groups (broad SMARTS) is 1. The molecule has 17 heavy (non-hydrogen) atoms. The minimum atomic E-state index is -1.22. The molecule has 0 aliphatic rings. The maximum atomic E-state index is 11.4. The van der Waals surface area contributed by atoms with Crippen molar-refractivity contribution < 1.29 is 14.7 Å². The number of rotatable bonds is 6. The van der Waals surface area contributed by atoms with Gasteiger partial charge >= 0.3 is 6.09 Å². The number of amides is 1. The van der Waals surface area contributed by atoms with Crippen LogP contribution in [0.5, 0.6) is 0 Å². The minimum Gasteiger partial charge on any atom is -0.465 e. The summed E-state index contributed by atoms with van der Waals surface area (Å²) in [6.07, 6.45) is -1.22. The van der Waals surface area contributed by atoms with Crippen LogP contribution < -0.4 is 5.32 Å². The summed E-state index contributed by atoms with van der Waals surface area (Å²) < 4.78 is 0. The van der Waals surface area contributed by atoms with Crippen molar-refractivity contribution >= 4 is 35.2 Å². The van der Waals surface area contributed by atoms with E-state index in [9.17, 15) is 9.59 Å². The molecule has 0 fully saturated rings. The second kappa shape index (κ2) is 7.19. The molecule has 0 spiro atoms. The molecular weight excluding hydrogens is 262 g/mol. The molecule has 4 nitrogen and oxygen atoms in total. The number of ketones is 1. The first-order valence-electron chi connectivity index (χ1n) is 4.89. The standard InChI is InChI=1S/C11H12ClNO3S/c12-6-10(14)9(13-11(15)16)7-17-8-4-2-1-3-5-8/h1-5,9,13H,6-7H2,(H,15,16)/t9-/m1/s1. The third kappa shape index (κ3) is 5.10. The van der Waals surface area contributed by atoms with Crippen molar-refractivity contribution in [3.63, 3.8) is 0 Å². The van der Waals surface area contributed by atoms with E-state index < -0.39 is 12.1 Å². The number of carbonyl (C=O) groups is 2. The van der Waals surface area contributed by atoms with Crippen molar-refractivity contribution in [2.45, 2.75) is 10.9 Å². The SMILES string of the molecule is O=C(O)N[C@H](CSc1ccccc1)C(=O)CCl. The van der Waals surface area contributed by atoms with Crippen molar-refractivity contribution in [1.29, 1.82) is 0 Å². The zero-order valence-corrected chi connectivity index (χ0v) is 10.5. The largest absolute Gasteiger partial charge is 0.465 e. The minimum absolute atomic E-state index is 0.194. The molecule has 1 aromatic carbocycles. The molecule has 0 heterocycles. The van der Waals surface area contributed by atoms with E-state index in [1.54, 1.807) is 0 Å². The summed E-state index contributed by atoms with van der Waals surface area (Å²) >= 11 is 6.83. The lowest BCUT2D eigenvalue weighted by molar-refractivity contribution is -0.118. The first-order chi connectivity index (χ1) is 8.13. The Hall–Kier alpha value is -1.20. The Morgan fingerprint density at radius 2 is 2.00 bits per heavy atom. The van der Waals surface area contributed by atoms with Crippen LogP contribution in [0, 0.1) is 0 Å². The monoisotopic (exact) mass is 273 g/mol. The summed E-state index contributed by atoms with van der Waals surface area (Å²) in [5.74, 6) is -0.181. The fraction of sp³-hybridized carbons (Fsp3) is 0.273. The lowest BCUT2D eigenvalue weighted by atomic mass is 10.2. The van der Waals surface area contributed by atoms with Crippen LogP contribution in [0.4, 0.5) is 4.79 Å². The van der Waals surface area contributed by atoms with Gasteiger partial charge in [0.05, 0.1) is 5.88 Å². The summed E-state index contributed by atoms with van der Waals surface area (Å²) in [5, 5.41) is 10.8. The van der Waals surface area contributed by atoms with E-state index in [-0.39, 0.29) is 11.7 Å². The topological polar surface area (TPSA) is 66.4 Å². The maximum absolute atomic E-state index is 11.4. The van der Waals surface area contributed by atoms with Crippen molar-refractivity contribution in [2.75, 3.05) is 11.6 Å². The Morgan fingerprint density at radius 1 is 1.35 bits per heavy atom. The van der Waals surface area contributed by atoms with Gasteiger partial charge in [0.15, 0.2) is 5.78 Å². The summed E-state index contributed by atoms with van der Waals surface area (Å²) in [5.41, 5.74) is 0. The summed E-state index contributed by atoms with van der Waals surface area (Å²) in [7, 11) is 0. The Kier molecular flexibility index (Phi) is 5.86. The first-order valence-corrected chi connectivity index (χ1v) is 6.41. The van der Waals surface area contributed by atoms with Crippen molar-refractivity contribution in [3.05, 3.63) is 30.3 Å². The summed E-state index contributed by atoms with van der Waals surface area (Å²) in [6, 6.07) is 8.68. The van der Waals surface area contributed by atoms with Crippen molar-refractivity contribution in [2.24, 2.45) is 0 Å². The molecule has 2 N–H and O–H groups in total. The average Bonchev–Trinajstić information content (AvgIpc) is 2.34. The normalized spacial score (nSPS) is 11.8. The van der Waals surface area contributed by atoms with Crippen molar-refractivity contribution in [1.82, 2.24) is 5.32 Å². The van der Waals surface area contributed by atoms with E-state index in [2.05, 4.69) is 5.32 Å². The summed E-state index contributed by atoms with van der Waals surface area (Å²) in [4.78, 5) is 22.9. The van der Waals surface area contributed by atoms with E-state index in [0.29, 0.717) is 5.75 Å². The molecule has 1 atom stereocenters. The third-order valence-corrected chi connectivity index (χ3v) is 3.35. The third-order valence-electron chi connectivity index (χ3n) is 1.98. The Balaban J connectivity index is 2.55. The molecule has 0 bridgehead atoms. The highest BCUT2D eigenvalue weighted by Gasteiger charge is 2.19. The highest BCUT2D eigenvalue weighted by atomic mass is 35.5. The first kappa shape index (κ1) is 13.9. The number of nitrogens with one attached hydrogen (secondary N) is 1. The highest BCUT2D eigenvalue weighted by molar-refractivity contribution is 7.99. The molecule has 0 aliphatic carbocycles. The van der Waals surface area contributed by atoms with E-state index in [4.69, 9.17) is 16.7 Å². The van der Waals surface area contributed by atoms with Crippen LogP contribution in [-0.2, 0) is 4.79 Å². The number of Topliss-reactive ketones (excluding diaryl/α,β-unsaturated/α-hetero) is 1. The Morgan fingerprint density at radius 3 is 2.53 bits per heavy atom. The van der Waals surface area contributed by atoms with Crippen LogP contribution in [0.3, 0.4) is 0 Å². The number of benzene rings is 1. The number of hydrogen-bond donors (Lipinski definition) is 2. The summed E-state index contributed by atoms with van der Waals surface area (Å²) in [6.45, 7) is 0. The second-order valence-corrected chi connectivity index (χ2v) is 4.59. The number of carbonyl (C=O) groups excluding carboxylic acids is 1. The lowest BCUT2D eigenvalue weighted by Crippen LogP contribution is -2.42. The quantitative estimate of drug-likeness (QED) is 0.616. The number of halogens is 1. The van der Waals surface area contributed by atoms with Gasteiger partial charge in [-0.15, -0.1) is 23.4 Å². The van der Waals surface area contributed by atoms with E-state index in [0.717, 1.165) is 4.90 Å². The highest BCUT2D eigenvalue weighted by Crippen LogP contribution is 2.18. The smallest absolute Gasteiger partial charge is 0.405 e. The fourth-order valence-electron chi connectivity index (χ4n) is 1.15. The molecule has 0 radical (unpaired) electrons. The zero-order valence-electron chi connectivity index (χ0n) is 8.93. The molecule has 0 saturated heterocycles. The molecule has 0 saturated carbocycles. The molecule has 0 aliphatic heterocycles. The number of thioether (sulfide) groups is 1. The van der Waals surface area contributed by atoms with Crippen LogP contribution in [0.2, 0.25) is 0 Å². The molecule has 0 aromatic heterocycles. The predicted octanol–water partition coefficient (Wildman–Crippen LogP) is 2.22. The fourth-order valence-corrected chi connectivity index (χ4v) is 2.32. The predicted molar refractivity (Wildman–Crippen MR) is 67.8 cm³/mol. The Labute approximate surface area is 108 Å². The number of hydrogen-bond acceptors (Lipinski definition) is 3. The average molecular weight is 274 g/mol. The van der Waals surface area contributed by atoms with Gasteiger partial charge in [0.25, 0.3) is 0 Å². The molecule has 1 rings (SSSR count). The van der Waals surface area contributed by atoms with Gasteiger partial charge in [0, 0.05) is 10.6 Å². The molecule has 1 amide bonds. The van der Waals surface area contributed by atoms with Crippen molar-refractivity contribution in [3.8, 4) is 0 Å². The van der Waals surface area contributed by atoms with Crippen LogP contribution >= 0.6 is 23.4 Å². The molecule has 0 unspecified atom stereocenters. The van der Waals surface area contributed by atoms with Crippen LogP contribution in [-0.4, -0.2) is 34.7 Å². The van der Waals surface area contributed by atoms with E-state index in [1.165, 1.54) is 11.8 Å². The van der Waals surface area contributed by atoms with Crippen LogP contribution in [0.15, 0.2) is 35.2 Å². The van der Waals surface area contributed by atoms with Gasteiger partial charge < -0.3 is 10.4 Å². The maximum Gasteiger partial charge on any atom is 0.405 e. The van der Waals surface area contributed by atoms with Gasteiger partial charge in [-0.05, 0) is 12.1 Å². The lowest BCUT2D eigenvalue weighted by Gasteiger charge is -2.13. The van der Waals surface area contributed by atoms with Gasteiger partial charge in [0.2, 0.25) is 0 Å². The molecular formula is C11H12ClNO3S. The van der Waals surface area contributed by atoms with Gasteiger partial charge in [-0.1, -0.05) is 18.2 Å².